The molecule has 0 aliphatic carbocycles. The highest BCUT2D eigenvalue weighted by molar-refractivity contribution is 6.32. The van der Waals surface area contributed by atoms with E-state index in [0.717, 1.165) is 0 Å². The highest BCUT2D eigenvalue weighted by atomic mass is 35.5. The Bertz CT molecular complexity index is 668. The lowest BCUT2D eigenvalue weighted by Crippen LogP contribution is -2.24. The molecular weight excluding hydrogens is 295 g/mol. The van der Waals surface area contributed by atoms with Crippen LogP contribution in [-0.4, -0.2) is 18.2 Å². The molecule has 2 rings (SSSR count). The SMILES string of the molecule is CC(Oc1ccc(C=O)cc1Cl)C(=O)c1ccc(F)cc1. The molecule has 1 atom stereocenters. The molecule has 0 N–H and O–H groups in total. The molecule has 1 unspecified atom stereocenters. The first kappa shape index (κ1) is 15.2. The molecule has 0 spiro atoms. The molecule has 2 aromatic rings. The molecule has 0 fully saturated rings. The number of ketones is 1. The van der Waals surface area contributed by atoms with Crippen molar-refractivity contribution in [2.24, 2.45) is 0 Å². The molecule has 0 aliphatic rings. The molecule has 0 aliphatic heterocycles. The van der Waals surface area contributed by atoms with Crippen LogP contribution in [0.1, 0.15) is 27.6 Å². The van der Waals surface area contributed by atoms with Crippen LogP contribution in [0.3, 0.4) is 0 Å². The van der Waals surface area contributed by atoms with E-state index in [9.17, 15) is 14.0 Å². The maximum Gasteiger partial charge on any atom is 0.202 e. The number of carbonyl (C=O) groups is 2. The van der Waals surface area contributed by atoms with Crippen LogP contribution in [0.4, 0.5) is 4.39 Å². The van der Waals surface area contributed by atoms with Gasteiger partial charge in [-0.2, -0.15) is 0 Å². The van der Waals surface area contributed by atoms with Gasteiger partial charge in [-0.1, -0.05) is 11.6 Å². The maximum absolute atomic E-state index is 12.8. The summed E-state index contributed by atoms with van der Waals surface area (Å²) in [6.07, 6.45) is -0.113. The van der Waals surface area contributed by atoms with E-state index in [0.29, 0.717) is 23.2 Å². The molecule has 21 heavy (non-hydrogen) atoms. The molecule has 0 bridgehead atoms. The van der Waals surface area contributed by atoms with Gasteiger partial charge < -0.3 is 4.74 Å². The standard InChI is InChI=1S/C16H12ClFO3/c1-10(16(20)12-3-5-13(18)6-4-12)21-15-7-2-11(9-19)8-14(15)17/h2-10H,1H3. The van der Waals surface area contributed by atoms with Crippen LogP contribution < -0.4 is 4.74 Å². The lowest BCUT2D eigenvalue weighted by atomic mass is 10.1. The third-order valence-corrected chi connectivity index (χ3v) is 3.19. The predicted molar refractivity (Wildman–Crippen MR) is 77.7 cm³/mol. The van der Waals surface area contributed by atoms with E-state index < -0.39 is 11.9 Å². The molecule has 3 nitrogen and oxygen atoms in total. The molecule has 5 heteroatoms. The number of carbonyl (C=O) groups excluding carboxylic acids is 2. The first-order chi connectivity index (χ1) is 10.0. The van der Waals surface area contributed by atoms with E-state index in [2.05, 4.69) is 0 Å². The zero-order valence-electron chi connectivity index (χ0n) is 11.2. The summed E-state index contributed by atoms with van der Waals surface area (Å²) < 4.78 is 18.3. The second kappa shape index (κ2) is 6.50. The van der Waals surface area contributed by atoms with E-state index in [1.165, 1.54) is 36.4 Å². The number of aldehydes is 1. The summed E-state index contributed by atoms with van der Waals surface area (Å²) in [6, 6.07) is 9.75. The maximum atomic E-state index is 12.8. The molecule has 0 saturated heterocycles. The minimum absolute atomic E-state index is 0.248. The first-order valence-corrected chi connectivity index (χ1v) is 6.60. The molecule has 0 amide bonds. The Kier molecular flexibility index (Phi) is 4.70. The van der Waals surface area contributed by atoms with Crippen LogP contribution in [0.2, 0.25) is 5.02 Å². The Morgan fingerprint density at radius 2 is 1.90 bits per heavy atom. The third kappa shape index (κ3) is 3.67. The smallest absolute Gasteiger partial charge is 0.202 e. The number of rotatable bonds is 5. The Morgan fingerprint density at radius 1 is 1.24 bits per heavy atom. The van der Waals surface area contributed by atoms with Crippen molar-refractivity contribution in [2.75, 3.05) is 0 Å². The van der Waals surface area contributed by atoms with Crippen molar-refractivity contribution in [2.45, 2.75) is 13.0 Å². The molecular formula is C16H12ClFO3. The van der Waals surface area contributed by atoms with Crippen molar-refractivity contribution in [1.29, 1.82) is 0 Å². The van der Waals surface area contributed by atoms with Gasteiger partial charge in [-0.05, 0) is 49.4 Å². The fraction of sp³-hybridized carbons (Fsp3) is 0.125. The fourth-order valence-corrected chi connectivity index (χ4v) is 2.01. The number of hydrogen-bond acceptors (Lipinski definition) is 3. The van der Waals surface area contributed by atoms with Crippen molar-refractivity contribution in [1.82, 2.24) is 0 Å². The van der Waals surface area contributed by atoms with Gasteiger partial charge >= 0.3 is 0 Å². The molecule has 0 radical (unpaired) electrons. The largest absolute Gasteiger partial charge is 0.481 e. The van der Waals surface area contributed by atoms with E-state index in [4.69, 9.17) is 16.3 Å². The second-order valence-electron chi connectivity index (χ2n) is 4.44. The van der Waals surface area contributed by atoms with Crippen LogP contribution in [-0.2, 0) is 0 Å². The third-order valence-electron chi connectivity index (χ3n) is 2.89. The number of benzene rings is 2. The van der Waals surface area contributed by atoms with Crippen molar-refractivity contribution < 1.29 is 18.7 Å². The number of ether oxygens (including phenoxy) is 1. The molecule has 0 saturated carbocycles. The normalized spacial score (nSPS) is 11.8. The van der Waals surface area contributed by atoms with Gasteiger partial charge in [0, 0.05) is 11.1 Å². The van der Waals surface area contributed by atoms with Gasteiger partial charge in [0.05, 0.1) is 5.02 Å². The topological polar surface area (TPSA) is 43.4 Å². The van der Waals surface area contributed by atoms with Gasteiger partial charge in [0.2, 0.25) is 5.78 Å². The minimum Gasteiger partial charge on any atom is -0.481 e. The van der Waals surface area contributed by atoms with Crippen LogP contribution in [0.25, 0.3) is 0 Å². The molecule has 2 aromatic carbocycles. The molecule has 0 aromatic heterocycles. The Labute approximate surface area is 126 Å². The molecule has 108 valence electrons. The van der Waals surface area contributed by atoms with Gasteiger partial charge in [-0.25, -0.2) is 4.39 Å². The summed E-state index contributed by atoms with van der Waals surface area (Å²) in [4.78, 5) is 22.8. The highest BCUT2D eigenvalue weighted by Gasteiger charge is 2.18. The Hall–Kier alpha value is -2.20. The van der Waals surface area contributed by atoms with E-state index in [-0.39, 0.29) is 10.8 Å². The van der Waals surface area contributed by atoms with Crippen LogP contribution >= 0.6 is 11.6 Å². The number of halogens is 2. The summed E-state index contributed by atoms with van der Waals surface area (Å²) in [6.45, 7) is 1.58. The van der Waals surface area contributed by atoms with Gasteiger partial charge in [-0.3, -0.25) is 9.59 Å². The Balaban J connectivity index is 2.13. The summed E-state index contributed by atoms with van der Waals surface area (Å²) >= 11 is 5.98. The lowest BCUT2D eigenvalue weighted by Gasteiger charge is -2.15. The van der Waals surface area contributed by atoms with Gasteiger partial charge in [-0.15, -0.1) is 0 Å². The zero-order valence-corrected chi connectivity index (χ0v) is 11.9. The summed E-state index contributed by atoms with van der Waals surface area (Å²) in [5.41, 5.74) is 0.773. The van der Waals surface area contributed by atoms with Gasteiger partial charge in [0.1, 0.15) is 17.9 Å². The fourth-order valence-electron chi connectivity index (χ4n) is 1.78. The monoisotopic (exact) mass is 306 g/mol. The summed E-state index contributed by atoms with van der Waals surface area (Å²) in [5, 5.41) is 0.248. The average molecular weight is 307 g/mol. The average Bonchev–Trinajstić information content (AvgIpc) is 2.49. The van der Waals surface area contributed by atoms with E-state index in [1.54, 1.807) is 13.0 Å². The van der Waals surface area contributed by atoms with Gasteiger partial charge in [0.25, 0.3) is 0 Å². The predicted octanol–water partition coefficient (Wildman–Crippen LogP) is 3.94. The number of Topliss-reactive ketones (excluding diaryl/α,β-unsaturated/α-hetero) is 1. The summed E-state index contributed by atoms with van der Waals surface area (Å²) in [7, 11) is 0. The van der Waals surface area contributed by atoms with Crippen molar-refractivity contribution in [3.63, 3.8) is 0 Å². The molecule has 0 heterocycles. The van der Waals surface area contributed by atoms with E-state index in [1.807, 2.05) is 0 Å². The minimum atomic E-state index is -0.782. The van der Waals surface area contributed by atoms with Crippen molar-refractivity contribution >= 4 is 23.7 Å². The van der Waals surface area contributed by atoms with Crippen LogP contribution in [0, 0.1) is 5.82 Å². The van der Waals surface area contributed by atoms with Gasteiger partial charge in [0.15, 0.2) is 6.10 Å². The second-order valence-corrected chi connectivity index (χ2v) is 4.85. The number of hydrogen-bond donors (Lipinski definition) is 0. The first-order valence-electron chi connectivity index (χ1n) is 6.22. The van der Waals surface area contributed by atoms with Crippen molar-refractivity contribution in [3.8, 4) is 5.75 Å². The van der Waals surface area contributed by atoms with Crippen LogP contribution in [0.5, 0.6) is 5.75 Å². The zero-order chi connectivity index (χ0) is 15.4. The lowest BCUT2D eigenvalue weighted by molar-refractivity contribution is 0.0818. The Morgan fingerprint density at radius 3 is 2.48 bits per heavy atom. The summed E-state index contributed by atoms with van der Waals surface area (Å²) in [5.74, 6) is -0.386. The van der Waals surface area contributed by atoms with E-state index >= 15 is 0 Å². The van der Waals surface area contributed by atoms with Crippen molar-refractivity contribution in [3.05, 3.63) is 64.4 Å². The van der Waals surface area contributed by atoms with Crippen LogP contribution in [0.15, 0.2) is 42.5 Å². The quantitative estimate of drug-likeness (QED) is 0.620. The highest BCUT2D eigenvalue weighted by Crippen LogP contribution is 2.26.